The second-order valence-electron chi connectivity index (χ2n) is 4.04. The molecule has 0 spiro atoms. The van der Waals surface area contributed by atoms with Crippen molar-refractivity contribution in [1.82, 2.24) is 4.98 Å². The molecular weight excluding hydrogens is 248 g/mol. The Bertz CT molecular complexity index is 558. The van der Waals surface area contributed by atoms with Crippen molar-refractivity contribution in [2.45, 2.75) is 13.5 Å². The highest BCUT2D eigenvalue weighted by Crippen LogP contribution is 2.12. The first-order valence-corrected chi connectivity index (χ1v) is 6.07. The van der Waals surface area contributed by atoms with Gasteiger partial charge in [-0.1, -0.05) is 12.1 Å². The predicted molar refractivity (Wildman–Crippen MR) is 72.1 cm³/mol. The summed E-state index contributed by atoms with van der Waals surface area (Å²) in [6.07, 6.45) is 0. The molecule has 0 unspecified atom stereocenters. The first-order chi connectivity index (χ1) is 9.19. The summed E-state index contributed by atoms with van der Waals surface area (Å²) < 4.78 is 25.8. The number of benzene rings is 1. The summed E-state index contributed by atoms with van der Waals surface area (Å²) in [4.78, 5) is 4.33. The van der Waals surface area contributed by atoms with Crippen LogP contribution in [0.1, 0.15) is 12.5 Å². The van der Waals surface area contributed by atoms with Crippen LogP contribution in [0.4, 0.5) is 20.4 Å². The van der Waals surface area contributed by atoms with E-state index in [1.807, 2.05) is 25.1 Å². The van der Waals surface area contributed by atoms with Crippen LogP contribution in [-0.4, -0.2) is 11.5 Å². The molecule has 19 heavy (non-hydrogen) atoms. The Labute approximate surface area is 110 Å². The third-order valence-electron chi connectivity index (χ3n) is 2.56. The smallest absolute Gasteiger partial charge is 0.159 e. The zero-order chi connectivity index (χ0) is 13.7. The van der Waals surface area contributed by atoms with Crippen molar-refractivity contribution >= 4 is 11.6 Å². The molecule has 0 aliphatic heterocycles. The Morgan fingerprint density at radius 3 is 2.42 bits per heavy atom. The molecule has 0 bridgehead atoms. The zero-order valence-corrected chi connectivity index (χ0v) is 10.6. The summed E-state index contributed by atoms with van der Waals surface area (Å²) in [6.45, 7) is 3.17. The molecule has 1 aromatic carbocycles. The van der Waals surface area contributed by atoms with E-state index in [9.17, 15) is 8.78 Å². The number of anilines is 2. The van der Waals surface area contributed by atoms with Crippen LogP contribution >= 0.6 is 0 Å². The van der Waals surface area contributed by atoms with Crippen molar-refractivity contribution < 1.29 is 8.78 Å². The molecule has 100 valence electrons. The van der Waals surface area contributed by atoms with Crippen molar-refractivity contribution in [3.63, 3.8) is 0 Å². The molecule has 1 heterocycles. The van der Waals surface area contributed by atoms with Crippen molar-refractivity contribution in [2.75, 3.05) is 17.2 Å². The molecule has 0 atom stereocenters. The van der Waals surface area contributed by atoms with Crippen LogP contribution in [0, 0.1) is 11.6 Å². The van der Waals surface area contributed by atoms with Crippen molar-refractivity contribution in [1.29, 1.82) is 0 Å². The lowest BCUT2D eigenvalue weighted by atomic mass is 10.2. The van der Waals surface area contributed by atoms with Gasteiger partial charge in [0.15, 0.2) is 11.6 Å². The Hall–Kier alpha value is -2.17. The Morgan fingerprint density at radius 1 is 1.00 bits per heavy atom. The van der Waals surface area contributed by atoms with E-state index in [1.165, 1.54) is 6.07 Å². The van der Waals surface area contributed by atoms with Gasteiger partial charge in [0.05, 0.1) is 0 Å². The first kappa shape index (κ1) is 13.3. The van der Waals surface area contributed by atoms with Gasteiger partial charge >= 0.3 is 0 Å². The fourth-order valence-electron chi connectivity index (χ4n) is 1.65. The van der Waals surface area contributed by atoms with Gasteiger partial charge in [-0.15, -0.1) is 0 Å². The molecule has 2 aromatic rings. The van der Waals surface area contributed by atoms with E-state index >= 15 is 0 Å². The van der Waals surface area contributed by atoms with Gasteiger partial charge in [-0.25, -0.2) is 13.8 Å². The van der Waals surface area contributed by atoms with Crippen LogP contribution in [0.25, 0.3) is 0 Å². The molecule has 5 heteroatoms. The molecule has 2 N–H and O–H groups in total. The van der Waals surface area contributed by atoms with E-state index in [1.54, 1.807) is 6.07 Å². The van der Waals surface area contributed by atoms with Gasteiger partial charge in [-0.05, 0) is 36.8 Å². The minimum Gasteiger partial charge on any atom is -0.370 e. The zero-order valence-electron chi connectivity index (χ0n) is 10.6. The monoisotopic (exact) mass is 263 g/mol. The molecule has 0 saturated carbocycles. The van der Waals surface area contributed by atoms with Crippen LogP contribution in [0.5, 0.6) is 0 Å². The van der Waals surface area contributed by atoms with Crippen LogP contribution in [0.2, 0.25) is 0 Å². The standard InChI is InChI=1S/C14H15F2N3/c1-2-17-13-4-3-5-14(19-13)18-9-10-6-7-11(15)12(16)8-10/h3-8H,2,9H2,1H3,(H2,17,18,19). The van der Waals surface area contributed by atoms with Gasteiger partial charge in [-0.3, -0.25) is 0 Å². The highest BCUT2D eigenvalue weighted by Gasteiger charge is 2.03. The summed E-state index contributed by atoms with van der Waals surface area (Å²) in [5.41, 5.74) is 0.662. The average molecular weight is 263 g/mol. The van der Waals surface area contributed by atoms with Crippen LogP contribution in [-0.2, 0) is 6.54 Å². The molecule has 0 aliphatic carbocycles. The summed E-state index contributed by atoms with van der Waals surface area (Å²) in [7, 11) is 0. The minimum atomic E-state index is -0.839. The summed E-state index contributed by atoms with van der Waals surface area (Å²) in [6, 6.07) is 9.40. The van der Waals surface area contributed by atoms with Gasteiger partial charge in [0.1, 0.15) is 11.6 Å². The van der Waals surface area contributed by atoms with Gasteiger partial charge in [0.2, 0.25) is 0 Å². The number of pyridine rings is 1. The highest BCUT2D eigenvalue weighted by atomic mass is 19.2. The number of hydrogen-bond acceptors (Lipinski definition) is 3. The minimum absolute atomic E-state index is 0.389. The molecule has 0 radical (unpaired) electrons. The van der Waals surface area contributed by atoms with E-state index < -0.39 is 11.6 Å². The number of aromatic nitrogens is 1. The second-order valence-corrected chi connectivity index (χ2v) is 4.04. The number of rotatable bonds is 5. The maximum atomic E-state index is 13.0. The summed E-state index contributed by atoms with van der Waals surface area (Å²) in [5, 5.41) is 6.17. The van der Waals surface area contributed by atoms with E-state index in [2.05, 4.69) is 15.6 Å². The Kier molecular flexibility index (Phi) is 4.28. The fraction of sp³-hybridized carbons (Fsp3) is 0.214. The summed E-state index contributed by atoms with van der Waals surface area (Å²) in [5.74, 6) is -0.217. The van der Waals surface area contributed by atoms with Crippen LogP contribution in [0.3, 0.4) is 0 Å². The Balaban J connectivity index is 2.01. The molecule has 3 nitrogen and oxygen atoms in total. The van der Waals surface area contributed by atoms with Crippen LogP contribution < -0.4 is 10.6 Å². The van der Waals surface area contributed by atoms with Crippen LogP contribution in [0.15, 0.2) is 36.4 Å². The maximum Gasteiger partial charge on any atom is 0.159 e. The van der Waals surface area contributed by atoms with Gasteiger partial charge < -0.3 is 10.6 Å². The molecule has 0 aliphatic rings. The molecular formula is C14H15F2N3. The van der Waals surface area contributed by atoms with E-state index in [4.69, 9.17) is 0 Å². The van der Waals surface area contributed by atoms with E-state index in [-0.39, 0.29) is 0 Å². The maximum absolute atomic E-state index is 13.0. The lowest BCUT2D eigenvalue weighted by Crippen LogP contribution is -2.04. The lowest BCUT2D eigenvalue weighted by molar-refractivity contribution is 0.507. The normalized spacial score (nSPS) is 10.3. The quantitative estimate of drug-likeness (QED) is 0.868. The number of hydrogen-bond donors (Lipinski definition) is 2. The van der Waals surface area contributed by atoms with Gasteiger partial charge in [0.25, 0.3) is 0 Å². The van der Waals surface area contributed by atoms with Gasteiger partial charge in [0, 0.05) is 13.1 Å². The Morgan fingerprint density at radius 2 is 1.74 bits per heavy atom. The molecule has 0 amide bonds. The lowest BCUT2D eigenvalue weighted by Gasteiger charge is -2.08. The fourth-order valence-corrected chi connectivity index (χ4v) is 1.65. The van der Waals surface area contributed by atoms with E-state index in [0.717, 1.165) is 18.4 Å². The van der Waals surface area contributed by atoms with Crippen molar-refractivity contribution in [3.8, 4) is 0 Å². The number of nitrogens with zero attached hydrogens (tertiary/aromatic N) is 1. The molecule has 1 aromatic heterocycles. The summed E-state index contributed by atoms with van der Waals surface area (Å²) >= 11 is 0. The SMILES string of the molecule is CCNc1cccc(NCc2ccc(F)c(F)c2)n1. The number of nitrogens with one attached hydrogen (secondary N) is 2. The topological polar surface area (TPSA) is 37.0 Å². The third-order valence-corrected chi connectivity index (χ3v) is 2.56. The molecule has 2 rings (SSSR count). The predicted octanol–water partition coefficient (Wildman–Crippen LogP) is 3.40. The molecule has 0 fully saturated rings. The van der Waals surface area contributed by atoms with E-state index in [0.29, 0.717) is 17.9 Å². The van der Waals surface area contributed by atoms with Crippen molar-refractivity contribution in [2.24, 2.45) is 0 Å². The van der Waals surface area contributed by atoms with Gasteiger partial charge in [-0.2, -0.15) is 0 Å². The first-order valence-electron chi connectivity index (χ1n) is 6.07. The average Bonchev–Trinajstić information content (AvgIpc) is 2.41. The highest BCUT2D eigenvalue weighted by molar-refractivity contribution is 5.45. The number of halogens is 2. The third kappa shape index (κ3) is 3.64. The largest absolute Gasteiger partial charge is 0.370 e. The van der Waals surface area contributed by atoms with Crippen molar-refractivity contribution in [3.05, 3.63) is 53.6 Å². The molecule has 0 saturated heterocycles. The second kappa shape index (κ2) is 6.13.